The first kappa shape index (κ1) is 14.9. The van der Waals surface area contributed by atoms with E-state index in [-0.39, 0.29) is 23.5 Å². The second-order valence-electron chi connectivity index (χ2n) is 4.39. The fourth-order valence-corrected chi connectivity index (χ4v) is 2.02. The summed E-state index contributed by atoms with van der Waals surface area (Å²) in [6, 6.07) is 4.65. The van der Waals surface area contributed by atoms with Crippen LogP contribution in [0.25, 0.3) is 0 Å². The van der Waals surface area contributed by atoms with Crippen LogP contribution in [0.5, 0.6) is 0 Å². The van der Waals surface area contributed by atoms with Crippen LogP contribution in [0.15, 0.2) is 18.2 Å². The Kier molecular flexibility index (Phi) is 5.50. The van der Waals surface area contributed by atoms with Gasteiger partial charge in [0.05, 0.1) is 0 Å². The molecule has 18 heavy (non-hydrogen) atoms. The zero-order valence-corrected chi connectivity index (χ0v) is 11.5. The molecule has 0 radical (unpaired) electrons. The van der Waals surface area contributed by atoms with Crippen molar-refractivity contribution in [3.63, 3.8) is 0 Å². The number of benzene rings is 1. The molecule has 0 fully saturated rings. The molecule has 3 N–H and O–H groups in total. The minimum Gasteiger partial charge on any atom is -0.396 e. The van der Waals surface area contributed by atoms with Gasteiger partial charge in [-0.2, -0.15) is 0 Å². The monoisotopic (exact) mass is 270 g/mol. The molecule has 0 aromatic heterocycles. The number of hydrogen-bond acceptors (Lipinski definition) is 3. The van der Waals surface area contributed by atoms with E-state index in [4.69, 9.17) is 23.1 Å². The van der Waals surface area contributed by atoms with Crippen molar-refractivity contribution < 1.29 is 9.50 Å². The summed E-state index contributed by atoms with van der Waals surface area (Å²) in [5, 5.41) is 8.93. The highest BCUT2D eigenvalue weighted by Crippen LogP contribution is 2.24. The maximum atomic E-state index is 13.3. The van der Waals surface area contributed by atoms with Crippen LogP contribution in [0, 0.1) is 5.82 Å². The van der Waals surface area contributed by atoms with E-state index in [1.807, 2.05) is 13.8 Å². The lowest BCUT2D eigenvalue weighted by Crippen LogP contribution is -2.34. The van der Waals surface area contributed by atoms with Gasteiger partial charge in [0.25, 0.3) is 0 Å². The summed E-state index contributed by atoms with van der Waals surface area (Å²) >= 11 is 4.96. The predicted molar refractivity (Wildman–Crippen MR) is 76.5 cm³/mol. The maximum absolute atomic E-state index is 13.3. The Morgan fingerprint density at radius 1 is 1.50 bits per heavy atom. The molecule has 0 bridgehead atoms. The van der Waals surface area contributed by atoms with E-state index < -0.39 is 0 Å². The van der Waals surface area contributed by atoms with Crippen LogP contribution in [-0.4, -0.2) is 29.3 Å². The molecule has 3 nitrogen and oxygen atoms in total. The molecular formula is C13H19FN2OS. The van der Waals surface area contributed by atoms with E-state index in [1.165, 1.54) is 12.1 Å². The van der Waals surface area contributed by atoms with Crippen molar-refractivity contribution in [3.8, 4) is 0 Å². The first-order chi connectivity index (χ1) is 8.47. The molecule has 0 amide bonds. The third kappa shape index (κ3) is 3.65. The van der Waals surface area contributed by atoms with Crippen LogP contribution in [0.3, 0.4) is 0 Å². The number of aliphatic hydroxyl groups excluding tert-OH is 1. The summed E-state index contributed by atoms with van der Waals surface area (Å²) < 4.78 is 13.3. The lowest BCUT2D eigenvalue weighted by Gasteiger charge is -2.30. The second kappa shape index (κ2) is 6.66. The van der Waals surface area contributed by atoms with Gasteiger partial charge in [-0.3, -0.25) is 0 Å². The van der Waals surface area contributed by atoms with E-state index >= 15 is 0 Å². The van der Waals surface area contributed by atoms with Crippen molar-refractivity contribution in [1.29, 1.82) is 0 Å². The standard InChI is InChI=1S/C13H19FN2OS/c1-9(2)16(6-3-7-17)12-5-4-10(14)8-11(12)13(15)18/h4-5,8-9,17H,3,6-7H2,1-2H3,(H2,15,18). The van der Waals surface area contributed by atoms with E-state index in [2.05, 4.69) is 4.90 Å². The number of hydrogen-bond donors (Lipinski definition) is 2. The molecule has 0 saturated carbocycles. The molecule has 0 spiro atoms. The Balaban J connectivity index is 3.14. The first-order valence-electron chi connectivity index (χ1n) is 5.94. The summed E-state index contributed by atoms with van der Waals surface area (Å²) in [5.41, 5.74) is 6.99. The Hall–Kier alpha value is -1.20. The van der Waals surface area contributed by atoms with Crippen LogP contribution in [0.1, 0.15) is 25.8 Å². The van der Waals surface area contributed by atoms with Gasteiger partial charge < -0.3 is 15.7 Å². The molecular weight excluding hydrogens is 251 g/mol. The Labute approximate surface area is 112 Å². The normalized spacial score (nSPS) is 10.7. The van der Waals surface area contributed by atoms with E-state index in [1.54, 1.807) is 6.07 Å². The number of anilines is 1. The fourth-order valence-electron chi connectivity index (χ4n) is 1.85. The number of thiocarbonyl (C=S) groups is 1. The summed E-state index contributed by atoms with van der Waals surface area (Å²) in [4.78, 5) is 2.24. The number of rotatable bonds is 6. The zero-order valence-electron chi connectivity index (χ0n) is 10.7. The number of nitrogens with zero attached hydrogens (tertiary/aromatic N) is 1. The summed E-state index contributed by atoms with van der Waals surface area (Å²) in [6.07, 6.45) is 0.645. The van der Waals surface area contributed by atoms with Gasteiger partial charge in [0.15, 0.2) is 0 Å². The molecule has 0 aliphatic rings. The topological polar surface area (TPSA) is 49.5 Å². The lowest BCUT2D eigenvalue weighted by molar-refractivity contribution is 0.288. The molecule has 0 atom stereocenters. The molecule has 0 unspecified atom stereocenters. The largest absolute Gasteiger partial charge is 0.396 e. The van der Waals surface area contributed by atoms with Crippen molar-refractivity contribution in [2.45, 2.75) is 26.3 Å². The number of nitrogens with two attached hydrogens (primary N) is 1. The summed E-state index contributed by atoms with van der Waals surface area (Å²) in [5.74, 6) is -0.354. The SMILES string of the molecule is CC(C)N(CCCO)c1ccc(F)cc1C(N)=S. The molecule has 1 rings (SSSR count). The van der Waals surface area contributed by atoms with Gasteiger partial charge in [-0.25, -0.2) is 4.39 Å². The van der Waals surface area contributed by atoms with Crippen molar-refractivity contribution in [1.82, 2.24) is 0 Å². The van der Waals surface area contributed by atoms with Gasteiger partial charge in [-0.15, -0.1) is 0 Å². The smallest absolute Gasteiger partial charge is 0.124 e. The maximum Gasteiger partial charge on any atom is 0.124 e. The van der Waals surface area contributed by atoms with E-state index in [9.17, 15) is 4.39 Å². The highest BCUT2D eigenvalue weighted by molar-refractivity contribution is 7.80. The Morgan fingerprint density at radius 3 is 2.67 bits per heavy atom. The summed E-state index contributed by atoms with van der Waals surface area (Å²) in [7, 11) is 0. The third-order valence-electron chi connectivity index (χ3n) is 2.71. The Morgan fingerprint density at radius 2 is 2.17 bits per heavy atom. The van der Waals surface area contributed by atoms with Crippen LogP contribution in [0.2, 0.25) is 0 Å². The van der Waals surface area contributed by atoms with Gasteiger partial charge in [0.2, 0.25) is 0 Å². The van der Waals surface area contributed by atoms with Gasteiger partial charge >= 0.3 is 0 Å². The average molecular weight is 270 g/mol. The number of halogens is 1. The van der Waals surface area contributed by atoms with E-state index in [0.717, 1.165) is 5.69 Å². The van der Waals surface area contributed by atoms with Gasteiger partial charge in [0, 0.05) is 30.4 Å². The minimum atomic E-state index is -0.354. The van der Waals surface area contributed by atoms with Gasteiger partial charge in [-0.1, -0.05) is 12.2 Å². The molecule has 1 aromatic carbocycles. The quantitative estimate of drug-likeness (QED) is 0.777. The highest BCUT2D eigenvalue weighted by atomic mass is 32.1. The second-order valence-corrected chi connectivity index (χ2v) is 4.83. The molecule has 0 heterocycles. The highest BCUT2D eigenvalue weighted by Gasteiger charge is 2.16. The van der Waals surface area contributed by atoms with Gasteiger partial charge in [-0.05, 0) is 38.5 Å². The Bertz CT molecular complexity index is 423. The van der Waals surface area contributed by atoms with Crippen LogP contribution < -0.4 is 10.6 Å². The van der Waals surface area contributed by atoms with Crippen molar-refractivity contribution in [3.05, 3.63) is 29.6 Å². The van der Waals surface area contributed by atoms with Crippen LogP contribution >= 0.6 is 12.2 Å². The molecule has 0 aliphatic heterocycles. The first-order valence-corrected chi connectivity index (χ1v) is 6.35. The molecule has 0 saturated heterocycles. The predicted octanol–water partition coefficient (Wildman–Crippen LogP) is 2.06. The third-order valence-corrected chi connectivity index (χ3v) is 2.93. The molecule has 100 valence electrons. The van der Waals surface area contributed by atoms with Crippen molar-refractivity contribution >= 4 is 22.9 Å². The van der Waals surface area contributed by atoms with Crippen LogP contribution in [0.4, 0.5) is 10.1 Å². The lowest BCUT2D eigenvalue weighted by atomic mass is 10.1. The molecule has 0 aliphatic carbocycles. The molecule has 1 aromatic rings. The van der Waals surface area contributed by atoms with Gasteiger partial charge in [0.1, 0.15) is 10.8 Å². The van der Waals surface area contributed by atoms with Crippen LogP contribution in [-0.2, 0) is 0 Å². The summed E-state index contributed by atoms with van der Waals surface area (Å²) in [6.45, 7) is 4.86. The van der Waals surface area contributed by atoms with Crippen molar-refractivity contribution in [2.24, 2.45) is 5.73 Å². The average Bonchev–Trinajstić information content (AvgIpc) is 2.30. The fraction of sp³-hybridized carbons (Fsp3) is 0.462. The number of aliphatic hydroxyl groups is 1. The van der Waals surface area contributed by atoms with Crippen molar-refractivity contribution in [2.75, 3.05) is 18.1 Å². The minimum absolute atomic E-state index is 0.118. The zero-order chi connectivity index (χ0) is 13.7. The molecule has 5 heteroatoms. The van der Waals surface area contributed by atoms with E-state index in [0.29, 0.717) is 18.5 Å².